The summed E-state index contributed by atoms with van der Waals surface area (Å²) in [7, 11) is 1.93. The lowest BCUT2D eigenvalue weighted by atomic mass is 10.2. The number of rotatable bonds is 1. The molecule has 2 heterocycles. The molecule has 4 nitrogen and oxygen atoms in total. The highest BCUT2D eigenvalue weighted by molar-refractivity contribution is 4.96. The third-order valence-electron chi connectivity index (χ3n) is 2.12. The van der Waals surface area contributed by atoms with Crippen molar-refractivity contribution in [2.75, 3.05) is 6.54 Å². The fourth-order valence-corrected chi connectivity index (χ4v) is 1.53. The SMILES string of the molecule is Cn1ncnc1C1CCCN1. The van der Waals surface area contributed by atoms with Gasteiger partial charge >= 0.3 is 0 Å². The van der Waals surface area contributed by atoms with E-state index < -0.39 is 0 Å². The van der Waals surface area contributed by atoms with Crippen LogP contribution in [0.25, 0.3) is 0 Å². The highest BCUT2D eigenvalue weighted by Crippen LogP contribution is 2.19. The average Bonchev–Trinajstić information content (AvgIpc) is 2.55. The van der Waals surface area contributed by atoms with E-state index in [1.165, 1.54) is 12.8 Å². The molecule has 1 unspecified atom stereocenters. The lowest BCUT2D eigenvalue weighted by Gasteiger charge is -2.07. The van der Waals surface area contributed by atoms with Crippen molar-refractivity contribution in [1.29, 1.82) is 0 Å². The maximum Gasteiger partial charge on any atom is 0.143 e. The number of aromatic nitrogens is 3. The summed E-state index contributed by atoms with van der Waals surface area (Å²) in [6.07, 6.45) is 4.04. The van der Waals surface area contributed by atoms with Gasteiger partial charge in [0.15, 0.2) is 0 Å². The Morgan fingerprint density at radius 3 is 3.18 bits per heavy atom. The zero-order valence-corrected chi connectivity index (χ0v) is 6.62. The van der Waals surface area contributed by atoms with Gasteiger partial charge in [0, 0.05) is 7.05 Å². The average molecular weight is 152 g/mol. The minimum Gasteiger partial charge on any atom is -0.307 e. The van der Waals surface area contributed by atoms with Crippen LogP contribution in [-0.4, -0.2) is 21.3 Å². The van der Waals surface area contributed by atoms with E-state index in [1.54, 1.807) is 6.33 Å². The molecule has 0 aromatic carbocycles. The summed E-state index contributed by atoms with van der Waals surface area (Å²) in [6.45, 7) is 1.11. The topological polar surface area (TPSA) is 42.7 Å². The zero-order valence-electron chi connectivity index (χ0n) is 6.62. The number of nitrogens with zero attached hydrogens (tertiary/aromatic N) is 3. The standard InChI is InChI=1S/C7H12N4/c1-11-7(9-5-10-11)6-3-2-4-8-6/h5-6,8H,2-4H2,1H3. The molecule has 1 aliphatic rings. The third kappa shape index (κ3) is 1.14. The zero-order chi connectivity index (χ0) is 7.68. The normalized spacial score (nSPS) is 24.3. The summed E-state index contributed by atoms with van der Waals surface area (Å²) in [5.74, 6) is 1.06. The first-order chi connectivity index (χ1) is 5.38. The Hall–Kier alpha value is -0.900. The van der Waals surface area contributed by atoms with E-state index in [1.807, 2.05) is 11.7 Å². The fourth-order valence-electron chi connectivity index (χ4n) is 1.53. The van der Waals surface area contributed by atoms with Crippen LogP contribution in [0, 0.1) is 0 Å². The van der Waals surface area contributed by atoms with Crippen LogP contribution >= 0.6 is 0 Å². The Morgan fingerprint density at radius 2 is 2.64 bits per heavy atom. The van der Waals surface area contributed by atoms with Crippen LogP contribution in [0.4, 0.5) is 0 Å². The first kappa shape index (κ1) is 6.79. The Kier molecular flexibility index (Phi) is 1.62. The second-order valence-corrected chi connectivity index (χ2v) is 2.89. The van der Waals surface area contributed by atoms with Crippen molar-refractivity contribution in [3.8, 4) is 0 Å². The summed E-state index contributed by atoms with van der Waals surface area (Å²) in [5.41, 5.74) is 0. The molecule has 2 rings (SSSR count). The van der Waals surface area contributed by atoms with Crippen molar-refractivity contribution >= 4 is 0 Å². The Labute approximate surface area is 65.6 Å². The molecule has 0 amide bonds. The van der Waals surface area contributed by atoms with Gasteiger partial charge in [0.05, 0.1) is 6.04 Å². The van der Waals surface area contributed by atoms with E-state index in [-0.39, 0.29) is 0 Å². The number of hydrogen-bond donors (Lipinski definition) is 1. The van der Waals surface area contributed by atoms with E-state index in [0.29, 0.717) is 6.04 Å². The maximum atomic E-state index is 4.19. The van der Waals surface area contributed by atoms with Gasteiger partial charge in [0.1, 0.15) is 12.2 Å². The van der Waals surface area contributed by atoms with Gasteiger partial charge in [-0.25, -0.2) is 4.98 Å². The summed E-state index contributed by atoms with van der Waals surface area (Å²) >= 11 is 0. The van der Waals surface area contributed by atoms with Gasteiger partial charge in [-0.2, -0.15) is 5.10 Å². The quantitative estimate of drug-likeness (QED) is 0.626. The predicted octanol–water partition coefficient (Wildman–Crippen LogP) is 0.240. The van der Waals surface area contributed by atoms with E-state index in [9.17, 15) is 0 Å². The van der Waals surface area contributed by atoms with Crippen LogP contribution in [0.5, 0.6) is 0 Å². The monoisotopic (exact) mass is 152 g/mol. The molecular formula is C7H12N4. The highest BCUT2D eigenvalue weighted by Gasteiger charge is 2.19. The molecule has 1 saturated heterocycles. The molecule has 1 aromatic heterocycles. The van der Waals surface area contributed by atoms with Crippen molar-refractivity contribution in [2.24, 2.45) is 7.05 Å². The molecule has 0 bridgehead atoms. The maximum absolute atomic E-state index is 4.19. The first-order valence-electron chi connectivity index (χ1n) is 3.95. The molecule has 1 N–H and O–H groups in total. The molecule has 1 aliphatic heterocycles. The summed E-state index contributed by atoms with van der Waals surface area (Å²) in [5, 5.41) is 7.40. The largest absolute Gasteiger partial charge is 0.307 e. The summed E-state index contributed by atoms with van der Waals surface area (Å²) < 4.78 is 1.84. The van der Waals surface area contributed by atoms with Crippen LogP contribution in [0.1, 0.15) is 24.7 Å². The van der Waals surface area contributed by atoms with Gasteiger partial charge in [0.25, 0.3) is 0 Å². The van der Waals surface area contributed by atoms with Crippen LogP contribution in [0.3, 0.4) is 0 Å². The lowest BCUT2D eigenvalue weighted by molar-refractivity contribution is 0.559. The second kappa shape index (κ2) is 2.62. The molecule has 60 valence electrons. The molecule has 4 heteroatoms. The molecule has 1 fully saturated rings. The number of aryl methyl sites for hydroxylation is 1. The number of hydrogen-bond acceptors (Lipinski definition) is 3. The molecule has 0 spiro atoms. The fraction of sp³-hybridized carbons (Fsp3) is 0.714. The van der Waals surface area contributed by atoms with Gasteiger partial charge in [-0.15, -0.1) is 0 Å². The van der Waals surface area contributed by atoms with Crippen LogP contribution in [-0.2, 0) is 7.05 Å². The summed E-state index contributed by atoms with van der Waals surface area (Å²) in [6, 6.07) is 0.433. The van der Waals surface area contributed by atoms with Crippen LogP contribution < -0.4 is 5.32 Å². The van der Waals surface area contributed by atoms with Gasteiger partial charge in [0.2, 0.25) is 0 Å². The third-order valence-corrected chi connectivity index (χ3v) is 2.12. The lowest BCUT2D eigenvalue weighted by Crippen LogP contribution is -2.17. The van der Waals surface area contributed by atoms with E-state index >= 15 is 0 Å². The molecular weight excluding hydrogens is 140 g/mol. The Balaban J connectivity index is 2.21. The van der Waals surface area contributed by atoms with Crippen molar-refractivity contribution in [2.45, 2.75) is 18.9 Å². The van der Waals surface area contributed by atoms with Crippen molar-refractivity contribution in [3.63, 3.8) is 0 Å². The Bertz CT molecular complexity index is 236. The van der Waals surface area contributed by atoms with Gasteiger partial charge in [-0.3, -0.25) is 4.68 Å². The predicted molar refractivity (Wildman–Crippen MR) is 41.0 cm³/mol. The van der Waals surface area contributed by atoms with Gasteiger partial charge in [-0.1, -0.05) is 0 Å². The molecule has 0 radical (unpaired) electrons. The van der Waals surface area contributed by atoms with E-state index in [4.69, 9.17) is 0 Å². The number of nitrogens with one attached hydrogen (secondary N) is 1. The molecule has 11 heavy (non-hydrogen) atoms. The van der Waals surface area contributed by atoms with Crippen molar-refractivity contribution < 1.29 is 0 Å². The van der Waals surface area contributed by atoms with E-state index in [0.717, 1.165) is 12.4 Å². The van der Waals surface area contributed by atoms with Crippen LogP contribution in [0.15, 0.2) is 6.33 Å². The van der Waals surface area contributed by atoms with Gasteiger partial charge in [-0.05, 0) is 19.4 Å². The minimum absolute atomic E-state index is 0.433. The second-order valence-electron chi connectivity index (χ2n) is 2.89. The van der Waals surface area contributed by atoms with E-state index in [2.05, 4.69) is 15.4 Å². The minimum atomic E-state index is 0.433. The highest BCUT2D eigenvalue weighted by atomic mass is 15.3. The summed E-state index contributed by atoms with van der Waals surface area (Å²) in [4.78, 5) is 4.19. The van der Waals surface area contributed by atoms with Crippen molar-refractivity contribution in [3.05, 3.63) is 12.2 Å². The van der Waals surface area contributed by atoms with Crippen molar-refractivity contribution in [1.82, 2.24) is 20.1 Å². The first-order valence-corrected chi connectivity index (χ1v) is 3.95. The Morgan fingerprint density at radius 1 is 1.73 bits per heavy atom. The van der Waals surface area contributed by atoms with Crippen LogP contribution in [0.2, 0.25) is 0 Å². The molecule has 1 atom stereocenters. The molecule has 0 aliphatic carbocycles. The molecule has 1 aromatic rings. The smallest absolute Gasteiger partial charge is 0.143 e. The molecule has 0 saturated carbocycles. The van der Waals surface area contributed by atoms with Gasteiger partial charge < -0.3 is 5.32 Å².